The van der Waals surface area contributed by atoms with Gasteiger partial charge in [-0.3, -0.25) is 9.79 Å². The first-order valence-electron chi connectivity index (χ1n) is 13.0. The van der Waals surface area contributed by atoms with Crippen molar-refractivity contribution in [3.05, 3.63) is 65.0 Å². The number of carboxylic acids is 1. The quantitative estimate of drug-likeness (QED) is 0.348. The summed E-state index contributed by atoms with van der Waals surface area (Å²) in [6.07, 6.45) is -5.85. The Morgan fingerprint density at radius 3 is 2.49 bits per heavy atom. The predicted octanol–water partition coefficient (Wildman–Crippen LogP) is 6.12. The average molecular weight is 584 g/mol. The molecule has 12 heteroatoms. The highest BCUT2D eigenvalue weighted by molar-refractivity contribution is 5.90. The highest BCUT2D eigenvalue weighted by Gasteiger charge is 2.63. The van der Waals surface area contributed by atoms with Gasteiger partial charge in [-0.15, -0.1) is 0 Å². The molecule has 0 radical (unpaired) electrons. The Labute approximate surface area is 231 Å². The first kappa shape index (κ1) is 29.0. The highest BCUT2D eigenvalue weighted by atomic mass is 19.4. The van der Waals surface area contributed by atoms with Crippen LogP contribution in [0.3, 0.4) is 0 Å². The fraction of sp³-hybridized carbons (Fsp3) is 0.448. The van der Waals surface area contributed by atoms with Crippen LogP contribution in [-0.2, 0) is 22.3 Å². The minimum Gasteiger partial charge on any atom is -0.493 e. The van der Waals surface area contributed by atoms with E-state index in [4.69, 9.17) is 9.47 Å². The molecule has 3 aliphatic rings. The predicted molar refractivity (Wildman–Crippen MR) is 135 cm³/mol. The lowest BCUT2D eigenvalue weighted by Crippen LogP contribution is -2.35. The summed E-state index contributed by atoms with van der Waals surface area (Å²) in [6, 6.07) is 6.85. The first-order chi connectivity index (χ1) is 19.3. The number of nitrogens with zero attached hydrogens (tertiary/aromatic N) is 1. The van der Waals surface area contributed by atoms with Crippen LogP contribution in [0.15, 0.2) is 53.0 Å². The van der Waals surface area contributed by atoms with E-state index in [0.717, 1.165) is 18.6 Å². The highest BCUT2D eigenvalue weighted by Crippen LogP contribution is 2.63. The van der Waals surface area contributed by atoms with Gasteiger partial charge < -0.3 is 19.7 Å². The monoisotopic (exact) mass is 583 g/mol. The molecule has 5 rings (SSSR count). The Morgan fingerprint density at radius 1 is 1.15 bits per heavy atom. The topological polar surface area (TPSA) is 88.4 Å². The van der Waals surface area contributed by atoms with E-state index < -0.39 is 35.6 Å². The van der Waals surface area contributed by atoms with Crippen molar-refractivity contribution in [1.29, 1.82) is 0 Å². The van der Waals surface area contributed by atoms with Crippen LogP contribution in [0.1, 0.15) is 30.9 Å². The molecule has 41 heavy (non-hydrogen) atoms. The van der Waals surface area contributed by atoms with Gasteiger partial charge in [0, 0.05) is 24.4 Å². The van der Waals surface area contributed by atoms with Crippen molar-refractivity contribution in [2.24, 2.45) is 28.7 Å². The van der Waals surface area contributed by atoms with Gasteiger partial charge in [-0.25, -0.2) is 13.2 Å². The van der Waals surface area contributed by atoms with Crippen LogP contribution < -0.4 is 4.74 Å². The summed E-state index contributed by atoms with van der Waals surface area (Å²) >= 11 is 0. The number of benzene rings is 2. The molecule has 0 aromatic heterocycles. The lowest BCUT2D eigenvalue weighted by Gasteiger charge is -2.22. The number of alkyl halides is 5. The maximum Gasteiger partial charge on any atom is 0.417 e. The lowest BCUT2D eigenvalue weighted by molar-refractivity contribution is -0.139. The molecule has 220 valence electrons. The minimum atomic E-state index is -4.85. The van der Waals surface area contributed by atoms with E-state index in [-0.39, 0.29) is 71.6 Å². The summed E-state index contributed by atoms with van der Waals surface area (Å²) in [7, 11) is 0. The second kappa shape index (κ2) is 10.7. The number of carboxylic acid groups (broad SMARTS) is 1. The molecule has 1 aliphatic heterocycles. The number of halogens is 6. The average Bonchev–Trinajstić information content (AvgIpc) is 3.50. The number of aliphatic imine (C=N–C) groups is 1. The van der Waals surface area contributed by atoms with Crippen molar-refractivity contribution in [3.63, 3.8) is 0 Å². The zero-order chi connectivity index (χ0) is 29.7. The molecule has 2 aliphatic carbocycles. The number of hydrogen-bond donors (Lipinski definition) is 2. The van der Waals surface area contributed by atoms with Crippen LogP contribution in [-0.4, -0.2) is 47.3 Å². The van der Waals surface area contributed by atoms with Gasteiger partial charge >= 0.3 is 12.1 Å². The maximum atomic E-state index is 14.8. The van der Waals surface area contributed by atoms with E-state index >= 15 is 0 Å². The zero-order valence-corrected chi connectivity index (χ0v) is 21.8. The molecule has 2 aromatic carbocycles. The summed E-state index contributed by atoms with van der Waals surface area (Å²) in [6.45, 7) is 0.701. The number of hydrogen-bond acceptors (Lipinski definition) is 5. The minimum absolute atomic E-state index is 0.0345. The van der Waals surface area contributed by atoms with Crippen LogP contribution in [0.2, 0.25) is 0 Å². The molecule has 2 unspecified atom stereocenters. The molecule has 1 heterocycles. The number of carbonyl (C=O) groups is 1. The number of rotatable bonds is 9. The van der Waals surface area contributed by atoms with E-state index in [1.165, 1.54) is 24.3 Å². The second-order valence-electron chi connectivity index (χ2n) is 10.9. The molecule has 0 bridgehead atoms. The zero-order valence-electron chi connectivity index (χ0n) is 21.8. The molecule has 0 saturated heterocycles. The lowest BCUT2D eigenvalue weighted by atomic mass is 9.92. The number of fused-ring (bicyclic) bond motifs is 3. The van der Waals surface area contributed by atoms with Crippen molar-refractivity contribution < 1.29 is 50.8 Å². The smallest absolute Gasteiger partial charge is 0.417 e. The first-order valence-corrected chi connectivity index (χ1v) is 13.0. The Balaban J connectivity index is 1.29. The SMILES string of the molecule is CC(O)(CCOc1ccc(-c2cc(COC3=NCC4C(=C3)C[C@H]3[C@H](C(=O)O)[C@@H]43)c(F)cc2C(F)(F)F)cc1)C(F)F. The van der Waals surface area contributed by atoms with Gasteiger partial charge in [0.05, 0.1) is 18.1 Å². The molecular weight excluding hydrogens is 556 g/mol. The van der Waals surface area contributed by atoms with E-state index in [9.17, 15) is 41.4 Å². The largest absolute Gasteiger partial charge is 0.493 e. The fourth-order valence-electron chi connectivity index (χ4n) is 5.68. The molecule has 2 saturated carbocycles. The van der Waals surface area contributed by atoms with Gasteiger partial charge in [-0.05, 0) is 66.6 Å². The Morgan fingerprint density at radius 2 is 1.85 bits per heavy atom. The van der Waals surface area contributed by atoms with Crippen molar-refractivity contribution in [3.8, 4) is 16.9 Å². The van der Waals surface area contributed by atoms with Gasteiger partial charge in [0.1, 0.15) is 23.8 Å². The molecule has 2 fully saturated rings. The Kier molecular flexibility index (Phi) is 7.56. The van der Waals surface area contributed by atoms with Crippen molar-refractivity contribution in [2.75, 3.05) is 13.2 Å². The summed E-state index contributed by atoms with van der Waals surface area (Å²) in [5.74, 6) is -1.66. The molecule has 0 amide bonds. The van der Waals surface area contributed by atoms with Gasteiger partial charge in [-0.1, -0.05) is 17.7 Å². The third-order valence-electron chi connectivity index (χ3n) is 8.06. The number of ether oxygens (including phenoxy) is 2. The Hall–Kier alpha value is -3.54. The van der Waals surface area contributed by atoms with E-state index in [1.807, 2.05) is 0 Å². The van der Waals surface area contributed by atoms with Gasteiger partial charge in [0.25, 0.3) is 6.43 Å². The second-order valence-corrected chi connectivity index (χ2v) is 10.9. The number of dihydropyridines is 1. The molecular formula is C29H27F6NO5. The van der Waals surface area contributed by atoms with Crippen LogP contribution in [0.5, 0.6) is 5.75 Å². The third kappa shape index (κ3) is 5.93. The Bertz CT molecular complexity index is 1390. The molecule has 0 spiro atoms. The number of aliphatic carboxylic acids is 1. The van der Waals surface area contributed by atoms with E-state index in [2.05, 4.69) is 4.99 Å². The fourth-order valence-corrected chi connectivity index (χ4v) is 5.68. The summed E-state index contributed by atoms with van der Waals surface area (Å²) in [5.41, 5.74) is -2.69. The van der Waals surface area contributed by atoms with Crippen LogP contribution in [0.4, 0.5) is 26.3 Å². The van der Waals surface area contributed by atoms with Crippen LogP contribution >= 0.6 is 0 Å². The third-order valence-corrected chi connectivity index (χ3v) is 8.06. The van der Waals surface area contributed by atoms with Crippen LogP contribution in [0, 0.1) is 29.5 Å². The normalized spacial score (nSPS) is 24.6. The maximum absolute atomic E-state index is 14.8. The van der Waals surface area contributed by atoms with Crippen LogP contribution in [0.25, 0.3) is 11.1 Å². The van der Waals surface area contributed by atoms with Gasteiger partial charge in [0.2, 0.25) is 5.90 Å². The van der Waals surface area contributed by atoms with Gasteiger partial charge in [0.15, 0.2) is 0 Å². The van der Waals surface area contributed by atoms with Crippen molar-refractivity contribution in [2.45, 2.75) is 44.6 Å². The standard InChI is InChI=1S/C29H27F6NO5/c1-28(39,27(31)32)6-7-40-17-4-2-14(3-5-17)18-9-16(22(30)11-21(18)29(33,34)35)13-41-23-10-15-8-19-24(20(15)12-36-23)25(19)26(37)38/h2-5,9-11,19-20,24-25,27,39H,6-8,12-13H2,1H3,(H,37,38)/t19-,20?,24-,25+,28?/m1/s1. The summed E-state index contributed by atoms with van der Waals surface area (Å²) in [5, 5.41) is 18.9. The number of aliphatic hydroxyl groups is 1. The molecule has 6 nitrogen and oxygen atoms in total. The van der Waals surface area contributed by atoms with Crippen molar-refractivity contribution in [1.82, 2.24) is 0 Å². The summed E-state index contributed by atoms with van der Waals surface area (Å²) < 4.78 is 92.8. The van der Waals surface area contributed by atoms with Crippen molar-refractivity contribution >= 4 is 11.9 Å². The molecule has 2 N–H and O–H groups in total. The molecule has 5 atom stereocenters. The summed E-state index contributed by atoms with van der Waals surface area (Å²) in [4.78, 5) is 15.6. The van der Waals surface area contributed by atoms with E-state index in [0.29, 0.717) is 19.0 Å². The molecule has 2 aromatic rings. The van der Waals surface area contributed by atoms with Gasteiger partial charge in [-0.2, -0.15) is 13.2 Å². The van der Waals surface area contributed by atoms with E-state index in [1.54, 1.807) is 6.08 Å².